The molecule has 0 aliphatic rings. The van der Waals surface area contributed by atoms with Crippen LogP contribution < -0.4 is 0 Å². The van der Waals surface area contributed by atoms with Gasteiger partial charge in [-0.25, -0.2) is 19.9 Å². The van der Waals surface area contributed by atoms with Gasteiger partial charge in [0.2, 0.25) is 0 Å². The van der Waals surface area contributed by atoms with E-state index in [0.29, 0.717) is 45.8 Å². The fourth-order valence-corrected chi connectivity index (χ4v) is 4.81. The molecule has 40 heavy (non-hydrogen) atoms. The Morgan fingerprint density at radius 3 is 0.975 bits per heavy atom. The summed E-state index contributed by atoms with van der Waals surface area (Å²) in [7, 11) is 0. The van der Waals surface area contributed by atoms with Crippen LogP contribution in [0.1, 0.15) is 0 Å². The summed E-state index contributed by atoms with van der Waals surface area (Å²) in [4.78, 5) is 19.6. The maximum Gasteiger partial charge on any atom is 0.154 e. The van der Waals surface area contributed by atoms with Crippen molar-refractivity contribution in [1.29, 1.82) is 0 Å². The van der Waals surface area contributed by atoms with Crippen LogP contribution in [-0.2, 0) is 0 Å². The van der Waals surface area contributed by atoms with Crippen molar-refractivity contribution >= 4 is 22.1 Å². The van der Waals surface area contributed by atoms with Gasteiger partial charge in [-0.2, -0.15) is 0 Å². The van der Waals surface area contributed by atoms with Crippen molar-refractivity contribution in [3.63, 3.8) is 0 Å². The number of benzene rings is 2. The maximum absolute atomic E-state index is 5.67. The van der Waals surface area contributed by atoms with E-state index >= 15 is 0 Å². The van der Waals surface area contributed by atoms with Crippen molar-refractivity contribution in [2.24, 2.45) is 0 Å². The first-order valence-electron chi connectivity index (χ1n) is 12.6. The first-order valence-corrected chi connectivity index (χ1v) is 12.6. The fraction of sp³-hybridized carbons (Fsp3) is 0. The third-order valence-electron chi connectivity index (χ3n) is 6.68. The quantitative estimate of drug-likeness (QED) is 0.222. The van der Waals surface area contributed by atoms with Gasteiger partial charge in [0.25, 0.3) is 0 Å². The van der Waals surface area contributed by atoms with Gasteiger partial charge < -0.3 is 17.7 Å². The Balaban J connectivity index is 1.27. The van der Waals surface area contributed by atoms with E-state index in [-0.39, 0.29) is 0 Å². The lowest BCUT2D eigenvalue weighted by atomic mass is 10.0. The summed E-state index contributed by atoms with van der Waals surface area (Å²) in [6, 6.07) is 26.7. The second-order valence-corrected chi connectivity index (χ2v) is 9.16. The largest absolute Gasteiger partial charge is 0.463 e. The van der Waals surface area contributed by atoms with Gasteiger partial charge in [0.05, 0.1) is 47.1 Å². The van der Waals surface area contributed by atoms with E-state index in [4.69, 9.17) is 37.6 Å². The van der Waals surface area contributed by atoms with Crippen LogP contribution in [0.3, 0.4) is 0 Å². The molecule has 8 rings (SSSR count). The van der Waals surface area contributed by atoms with Gasteiger partial charge in [0.15, 0.2) is 23.0 Å². The molecule has 190 valence electrons. The van der Waals surface area contributed by atoms with Crippen molar-refractivity contribution < 1.29 is 17.7 Å². The molecule has 6 aromatic heterocycles. The topological polar surface area (TPSA) is 104 Å². The second-order valence-electron chi connectivity index (χ2n) is 9.16. The predicted octanol–water partition coefficient (Wildman–Crippen LogP) is 8.28. The molecule has 0 amide bonds. The Morgan fingerprint density at radius 1 is 0.350 bits per heavy atom. The zero-order valence-corrected chi connectivity index (χ0v) is 20.8. The third-order valence-corrected chi connectivity index (χ3v) is 6.68. The Hall–Kier alpha value is -5.76. The molecular weight excluding hydrogens is 504 g/mol. The standard InChI is InChI=1S/C32H18N4O4/c1-5-25(37-13-1)29-31(27-7-3-15-39-27)35-23-17-19(9-11-21(23)33-29)20-10-12-22-24(18-20)36-32(28-8-4-16-40-28)30(34-22)26-6-2-14-38-26/h1-18H. The number of hydrogen-bond acceptors (Lipinski definition) is 8. The summed E-state index contributed by atoms with van der Waals surface area (Å²) in [5.41, 5.74) is 7.36. The van der Waals surface area contributed by atoms with Crippen LogP contribution in [0, 0.1) is 0 Å². The Kier molecular flexibility index (Phi) is 4.96. The maximum atomic E-state index is 5.67. The molecule has 0 radical (unpaired) electrons. The van der Waals surface area contributed by atoms with Crippen LogP contribution in [0.15, 0.2) is 128 Å². The number of rotatable bonds is 5. The first kappa shape index (κ1) is 22.2. The lowest BCUT2D eigenvalue weighted by molar-refractivity contribution is 0.572. The monoisotopic (exact) mass is 522 g/mol. The summed E-state index contributed by atoms with van der Waals surface area (Å²) in [5.74, 6) is 2.48. The Morgan fingerprint density at radius 2 is 0.675 bits per heavy atom. The normalized spacial score (nSPS) is 11.5. The minimum atomic E-state index is 0.613. The molecule has 6 heterocycles. The van der Waals surface area contributed by atoms with Gasteiger partial charge in [0.1, 0.15) is 22.8 Å². The minimum Gasteiger partial charge on any atom is -0.463 e. The van der Waals surface area contributed by atoms with E-state index in [1.165, 1.54) is 0 Å². The SMILES string of the molecule is c1coc(-c2nc3ccc(-c4ccc5nc(-c6ccco6)c(-c6ccco6)nc5c4)cc3nc2-c2ccco2)c1. The molecule has 0 saturated carbocycles. The third kappa shape index (κ3) is 3.70. The highest BCUT2D eigenvalue weighted by Gasteiger charge is 2.19. The fourth-order valence-electron chi connectivity index (χ4n) is 4.81. The van der Waals surface area contributed by atoms with E-state index in [0.717, 1.165) is 33.2 Å². The first-order chi connectivity index (χ1) is 19.8. The molecule has 0 N–H and O–H groups in total. The highest BCUT2D eigenvalue weighted by atomic mass is 16.3. The number of hydrogen-bond donors (Lipinski definition) is 0. The van der Waals surface area contributed by atoms with Gasteiger partial charge in [-0.3, -0.25) is 0 Å². The Bertz CT molecular complexity index is 1940. The number of aromatic nitrogens is 4. The predicted molar refractivity (Wildman–Crippen MR) is 149 cm³/mol. The molecule has 0 fully saturated rings. The molecule has 8 heteroatoms. The summed E-state index contributed by atoms with van der Waals surface area (Å²) in [5, 5.41) is 0. The highest BCUT2D eigenvalue weighted by Crippen LogP contribution is 2.35. The smallest absolute Gasteiger partial charge is 0.154 e. The molecule has 8 aromatic rings. The second kappa shape index (κ2) is 8.92. The van der Waals surface area contributed by atoms with E-state index in [1.54, 1.807) is 25.1 Å². The molecule has 0 aliphatic carbocycles. The lowest BCUT2D eigenvalue weighted by Gasteiger charge is -2.10. The van der Waals surface area contributed by atoms with E-state index in [1.807, 2.05) is 84.9 Å². The average molecular weight is 523 g/mol. The Labute approximate surface area is 226 Å². The molecule has 0 unspecified atom stereocenters. The highest BCUT2D eigenvalue weighted by molar-refractivity contribution is 5.90. The van der Waals surface area contributed by atoms with Crippen molar-refractivity contribution in [2.45, 2.75) is 0 Å². The molecule has 0 aliphatic heterocycles. The summed E-state index contributed by atoms with van der Waals surface area (Å²) in [6.45, 7) is 0. The molecule has 0 saturated heterocycles. The van der Waals surface area contributed by atoms with Crippen LogP contribution >= 0.6 is 0 Å². The van der Waals surface area contributed by atoms with Crippen LogP contribution in [0.25, 0.3) is 79.0 Å². The number of furan rings is 4. The molecular formula is C32H18N4O4. The van der Waals surface area contributed by atoms with Crippen molar-refractivity contribution in [2.75, 3.05) is 0 Å². The van der Waals surface area contributed by atoms with Crippen molar-refractivity contribution in [1.82, 2.24) is 19.9 Å². The summed E-state index contributed by atoms with van der Waals surface area (Å²) < 4.78 is 22.6. The van der Waals surface area contributed by atoms with E-state index in [2.05, 4.69) is 0 Å². The number of nitrogens with zero attached hydrogens (tertiary/aromatic N) is 4. The van der Waals surface area contributed by atoms with Crippen LogP contribution in [0.5, 0.6) is 0 Å². The lowest BCUT2D eigenvalue weighted by Crippen LogP contribution is -1.95. The molecule has 0 spiro atoms. The van der Waals surface area contributed by atoms with Crippen LogP contribution in [0.2, 0.25) is 0 Å². The molecule has 2 aromatic carbocycles. The number of fused-ring (bicyclic) bond motifs is 2. The summed E-state index contributed by atoms with van der Waals surface area (Å²) >= 11 is 0. The van der Waals surface area contributed by atoms with Crippen molar-refractivity contribution in [3.05, 3.63) is 110 Å². The minimum absolute atomic E-state index is 0.613. The van der Waals surface area contributed by atoms with Gasteiger partial charge >= 0.3 is 0 Å². The van der Waals surface area contributed by atoms with E-state index in [9.17, 15) is 0 Å². The molecule has 8 nitrogen and oxygen atoms in total. The van der Waals surface area contributed by atoms with Crippen LogP contribution in [-0.4, -0.2) is 19.9 Å². The zero-order chi connectivity index (χ0) is 26.5. The van der Waals surface area contributed by atoms with Crippen molar-refractivity contribution in [3.8, 4) is 56.9 Å². The molecule has 0 atom stereocenters. The average Bonchev–Trinajstić information content (AvgIpc) is 3.83. The zero-order valence-electron chi connectivity index (χ0n) is 20.8. The van der Waals surface area contributed by atoms with Gasteiger partial charge in [-0.15, -0.1) is 0 Å². The van der Waals surface area contributed by atoms with Gasteiger partial charge in [-0.1, -0.05) is 12.1 Å². The van der Waals surface area contributed by atoms with Gasteiger partial charge in [-0.05, 0) is 83.9 Å². The molecule has 0 bridgehead atoms. The van der Waals surface area contributed by atoms with Crippen LogP contribution in [0.4, 0.5) is 0 Å². The van der Waals surface area contributed by atoms with Gasteiger partial charge in [0, 0.05) is 0 Å². The summed E-state index contributed by atoms with van der Waals surface area (Å²) in [6.07, 6.45) is 6.48. The van der Waals surface area contributed by atoms with E-state index < -0.39 is 0 Å².